The number of hydrogen-bond acceptors (Lipinski definition) is 4. The smallest absolute Gasteiger partial charge is 0.264 e. The third-order valence-electron chi connectivity index (χ3n) is 5.72. The number of carbonyl (C=O) groups excluding carboxylic acids is 2. The van der Waals surface area contributed by atoms with Gasteiger partial charge in [0, 0.05) is 18.6 Å². The highest BCUT2D eigenvalue weighted by Gasteiger charge is 2.32. The normalized spacial score (nSPS) is 12.1. The van der Waals surface area contributed by atoms with Gasteiger partial charge in [-0.2, -0.15) is 0 Å². The van der Waals surface area contributed by atoms with Crippen molar-refractivity contribution in [2.24, 2.45) is 0 Å². The standard InChI is InChI=1S/C26H26Cl3N3O4S/c1-17-5-4-6-21(13-17)32(37(35,36)22-10-8-20(27)9-11-22)16-25(33)31(18(2)26(34)30-3)15-19-7-12-23(28)24(29)14-19/h4-14,18H,15-16H2,1-3H3,(H,30,34). The number of nitrogens with one attached hydrogen (secondary N) is 1. The molecule has 0 aliphatic rings. The summed E-state index contributed by atoms with van der Waals surface area (Å²) < 4.78 is 28.5. The summed E-state index contributed by atoms with van der Waals surface area (Å²) in [6, 6.07) is 16.5. The number of hydrogen-bond donors (Lipinski definition) is 1. The Morgan fingerprint density at radius 3 is 2.22 bits per heavy atom. The molecule has 196 valence electrons. The number of likely N-dealkylation sites (N-methyl/N-ethyl adjacent to an activating group) is 1. The van der Waals surface area contributed by atoms with E-state index in [9.17, 15) is 18.0 Å². The van der Waals surface area contributed by atoms with Gasteiger partial charge < -0.3 is 10.2 Å². The molecular formula is C26H26Cl3N3O4S. The van der Waals surface area contributed by atoms with E-state index in [0.29, 0.717) is 26.3 Å². The number of benzene rings is 3. The fourth-order valence-electron chi connectivity index (χ4n) is 3.67. The van der Waals surface area contributed by atoms with E-state index < -0.39 is 34.4 Å². The maximum atomic E-state index is 13.7. The van der Waals surface area contributed by atoms with Crippen LogP contribution in [-0.2, 0) is 26.2 Å². The van der Waals surface area contributed by atoms with Gasteiger partial charge in [-0.15, -0.1) is 0 Å². The van der Waals surface area contributed by atoms with Gasteiger partial charge in [-0.1, -0.05) is 53.0 Å². The Labute approximate surface area is 232 Å². The Balaban J connectivity index is 2.04. The number of aryl methyl sites for hydroxylation is 1. The van der Waals surface area contributed by atoms with E-state index in [-0.39, 0.29) is 11.4 Å². The third-order valence-corrected chi connectivity index (χ3v) is 8.50. The molecule has 1 unspecified atom stereocenters. The van der Waals surface area contributed by atoms with E-state index in [4.69, 9.17) is 34.8 Å². The van der Waals surface area contributed by atoms with E-state index in [0.717, 1.165) is 9.87 Å². The first-order valence-corrected chi connectivity index (χ1v) is 13.8. The summed E-state index contributed by atoms with van der Waals surface area (Å²) in [5.41, 5.74) is 1.75. The molecule has 1 N–H and O–H groups in total. The molecule has 2 amide bonds. The molecule has 3 aromatic carbocycles. The lowest BCUT2D eigenvalue weighted by molar-refractivity contribution is -0.139. The highest BCUT2D eigenvalue weighted by Crippen LogP contribution is 2.27. The van der Waals surface area contributed by atoms with Crippen molar-refractivity contribution in [2.75, 3.05) is 17.9 Å². The number of halogens is 3. The predicted molar refractivity (Wildman–Crippen MR) is 148 cm³/mol. The minimum atomic E-state index is -4.16. The van der Waals surface area contributed by atoms with Gasteiger partial charge in [0.25, 0.3) is 10.0 Å². The van der Waals surface area contributed by atoms with Crippen molar-refractivity contribution in [3.8, 4) is 0 Å². The molecule has 7 nitrogen and oxygen atoms in total. The number of sulfonamides is 1. The van der Waals surface area contributed by atoms with Crippen LogP contribution >= 0.6 is 34.8 Å². The molecule has 0 fully saturated rings. The molecule has 3 rings (SSSR count). The molecule has 3 aromatic rings. The van der Waals surface area contributed by atoms with Crippen molar-refractivity contribution in [1.29, 1.82) is 0 Å². The Morgan fingerprint density at radius 1 is 0.946 bits per heavy atom. The molecule has 0 aliphatic heterocycles. The van der Waals surface area contributed by atoms with Crippen molar-refractivity contribution in [3.05, 3.63) is 92.9 Å². The average molecular weight is 583 g/mol. The van der Waals surface area contributed by atoms with Crippen LogP contribution in [0.1, 0.15) is 18.1 Å². The van der Waals surface area contributed by atoms with Gasteiger partial charge in [-0.05, 0) is 73.5 Å². The van der Waals surface area contributed by atoms with Gasteiger partial charge in [0.1, 0.15) is 12.6 Å². The molecule has 0 spiro atoms. The van der Waals surface area contributed by atoms with Crippen LogP contribution in [0.3, 0.4) is 0 Å². The molecule has 1 atom stereocenters. The Hall–Kier alpha value is -2.78. The van der Waals surface area contributed by atoms with Gasteiger partial charge >= 0.3 is 0 Å². The van der Waals surface area contributed by atoms with Gasteiger partial charge in [0.05, 0.1) is 20.6 Å². The molecule has 37 heavy (non-hydrogen) atoms. The summed E-state index contributed by atoms with van der Waals surface area (Å²) in [5.74, 6) is -0.989. The zero-order valence-electron chi connectivity index (χ0n) is 20.4. The fourth-order valence-corrected chi connectivity index (χ4v) is 5.52. The molecule has 0 aliphatic carbocycles. The topological polar surface area (TPSA) is 86.8 Å². The second-order valence-corrected chi connectivity index (χ2v) is 11.5. The lowest BCUT2D eigenvalue weighted by Gasteiger charge is -2.32. The maximum Gasteiger partial charge on any atom is 0.264 e. The highest BCUT2D eigenvalue weighted by molar-refractivity contribution is 7.92. The fraction of sp³-hybridized carbons (Fsp3) is 0.231. The Bertz CT molecular complexity index is 1400. The summed E-state index contributed by atoms with van der Waals surface area (Å²) in [6.07, 6.45) is 0. The monoisotopic (exact) mass is 581 g/mol. The van der Waals surface area contributed by atoms with Crippen LogP contribution < -0.4 is 9.62 Å². The zero-order chi connectivity index (χ0) is 27.3. The van der Waals surface area contributed by atoms with Crippen LogP contribution in [-0.4, -0.2) is 44.8 Å². The van der Waals surface area contributed by atoms with Crippen LogP contribution in [0.25, 0.3) is 0 Å². The first kappa shape index (κ1) is 28.8. The number of carbonyl (C=O) groups is 2. The average Bonchev–Trinajstić information content (AvgIpc) is 2.87. The molecule has 0 radical (unpaired) electrons. The van der Waals surface area contributed by atoms with Crippen molar-refractivity contribution in [2.45, 2.75) is 31.3 Å². The van der Waals surface area contributed by atoms with Crippen LogP contribution in [0, 0.1) is 6.92 Å². The van der Waals surface area contributed by atoms with Gasteiger partial charge in [0.15, 0.2) is 0 Å². The second-order valence-electron chi connectivity index (χ2n) is 8.36. The summed E-state index contributed by atoms with van der Waals surface area (Å²) in [5, 5.41) is 3.56. The van der Waals surface area contributed by atoms with Crippen molar-refractivity contribution < 1.29 is 18.0 Å². The largest absolute Gasteiger partial charge is 0.357 e. The summed E-state index contributed by atoms with van der Waals surface area (Å²) in [6.45, 7) is 2.85. The number of anilines is 1. The van der Waals surface area contributed by atoms with Crippen LogP contribution in [0.4, 0.5) is 5.69 Å². The van der Waals surface area contributed by atoms with Gasteiger partial charge in [-0.25, -0.2) is 8.42 Å². The van der Waals surface area contributed by atoms with E-state index in [2.05, 4.69) is 5.32 Å². The van der Waals surface area contributed by atoms with E-state index in [1.807, 2.05) is 13.0 Å². The van der Waals surface area contributed by atoms with E-state index >= 15 is 0 Å². The highest BCUT2D eigenvalue weighted by atomic mass is 35.5. The van der Waals surface area contributed by atoms with Crippen molar-refractivity contribution >= 4 is 62.3 Å². The summed E-state index contributed by atoms with van der Waals surface area (Å²) >= 11 is 18.1. The van der Waals surface area contributed by atoms with Crippen molar-refractivity contribution in [1.82, 2.24) is 10.2 Å². The molecule has 0 saturated carbocycles. The zero-order valence-corrected chi connectivity index (χ0v) is 23.5. The lowest BCUT2D eigenvalue weighted by Crippen LogP contribution is -2.50. The molecule has 0 aromatic heterocycles. The minimum Gasteiger partial charge on any atom is -0.357 e. The Morgan fingerprint density at radius 2 is 1.62 bits per heavy atom. The first-order chi connectivity index (χ1) is 17.4. The Kier molecular flexibility index (Phi) is 9.47. The van der Waals surface area contributed by atoms with Crippen LogP contribution in [0.15, 0.2) is 71.6 Å². The van der Waals surface area contributed by atoms with Crippen molar-refractivity contribution in [3.63, 3.8) is 0 Å². The molecule has 11 heteroatoms. The maximum absolute atomic E-state index is 13.7. The minimum absolute atomic E-state index is 0.00690. The summed E-state index contributed by atoms with van der Waals surface area (Å²) in [7, 11) is -2.70. The predicted octanol–water partition coefficient (Wildman–Crippen LogP) is 5.31. The SMILES string of the molecule is CNC(=O)C(C)N(Cc1ccc(Cl)c(Cl)c1)C(=O)CN(c1cccc(C)c1)S(=O)(=O)c1ccc(Cl)cc1. The van der Waals surface area contributed by atoms with E-state index in [1.54, 1.807) is 43.3 Å². The first-order valence-electron chi connectivity index (χ1n) is 11.2. The lowest BCUT2D eigenvalue weighted by atomic mass is 10.1. The summed E-state index contributed by atoms with van der Waals surface area (Å²) in [4.78, 5) is 27.5. The third kappa shape index (κ3) is 6.96. The number of amides is 2. The number of rotatable bonds is 9. The molecular weight excluding hydrogens is 557 g/mol. The van der Waals surface area contributed by atoms with Gasteiger partial charge in [-0.3, -0.25) is 13.9 Å². The molecule has 0 saturated heterocycles. The van der Waals surface area contributed by atoms with E-state index in [1.165, 1.54) is 36.2 Å². The van der Waals surface area contributed by atoms with Gasteiger partial charge in [0.2, 0.25) is 11.8 Å². The second kappa shape index (κ2) is 12.2. The molecule has 0 heterocycles. The molecule has 0 bridgehead atoms. The number of nitrogens with zero attached hydrogens (tertiary/aromatic N) is 2. The van der Waals surface area contributed by atoms with Crippen LogP contribution in [0.2, 0.25) is 15.1 Å². The quantitative estimate of drug-likeness (QED) is 0.370. The van der Waals surface area contributed by atoms with Crippen LogP contribution in [0.5, 0.6) is 0 Å².